The van der Waals surface area contributed by atoms with Gasteiger partial charge in [0.05, 0.1) is 10.5 Å². The summed E-state index contributed by atoms with van der Waals surface area (Å²) in [6.45, 7) is -0.490. The number of halogens is 3. The largest absolute Gasteiger partial charge is 0.478 e. The Morgan fingerprint density at radius 2 is 2.00 bits per heavy atom. The summed E-state index contributed by atoms with van der Waals surface area (Å²) in [6, 6.07) is 3.13. The summed E-state index contributed by atoms with van der Waals surface area (Å²) in [7, 11) is -4.24. The van der Waals surface area contributed by atoms with Crippen LogP contribution in [0.3, 0.4) is 0 Å². The van der Waals surface area contributed by atoms with Gasteiger partial charge in [-0.1, -0.05) is 0 Å². The SMILES string of the molecule is Nc1ccc(S(=O)(=O)NCCSC(F)(F)F)c(C(=O)O)c1. The van der Waals surface area contributed by atoms with E-state index in [-0.39, 0.29) is 17.4 Å². The number of nitrogens with one attached hydrogen (secondary N) is 1. The van der Waals surface area contributed by atoms with Crippen molar-refractivity contribution in [2.75, 3.05) is 18.0 Å². The first kappa shape index (κ1) is 17.6. The molecular formula is C10H11F3N2O4S2. The van der Waals surface area contributed by atoms with Crippen molar-refractivity contribution >= 4 is 33.4 Å². The monoisotopic (exact) mass is 344 g/mol. The molecule has 0 fully saturated rings. The lowest BCUT2D eigenvalue weighted by molar-refractivity contribution is -0.0327. The highest BCUT2D eigenvalue weighted by molar-refractivity contribution is 8.00. The van der Waals surface area contributed by atoms with Crippen molar-refractivity contribution in [2.45, 2.75) is 10.4 Å². The third-order valence-corrected chi connectivity index (χ3v) is 4.44. The summed E-state index contributed by atoms with van der Waals surface area (Å²) in [4.78, 5) is 10.4. The summed E-state index contributed by atoms with van der Waals surface area (Å²) in [5.74, 6) is -2.03. The van der Waals surface area contributed by atoms with Crippen LogP contribution in [0.15, 0.2) is 23.1 Å². The van der Waals surface area contributed by atoms with E-state index in [1.165, 1.54) is 6.07 Å². The number of carbonyl (C=O) groups is 1. The van der Waals surface area contributed by atoms with E-state index in [0.717, 1.165) is 12.1 Å². The maximum Gasteiger partial charge on any atom is 0.441 e. The lowest BCUT2D eigenvalue weighted by Crippen LogP contribution is -2.28. The first-order valence-electron chi connectivity index (χ1n) is 5.36. The summed E-state index contributed by atoms with van der Waals surface area (Å²) >= 11 is -0.381. The van der Waals surface area contributed by atoms with E-state index in [1.807, 2.05) is 4.72 Å². The van der Waals surface area contributed by atoms with Crippen LogP contribution in [0.2, 0.25) is 0 Å². The standard InChI is InChI=1S/C10H11F3N2O4S2/c11-10(12,13)20-4-3-15-21(18,19)8-2-1-6(14)5-7(8)9(16)17/h1-2,5,15H,3-4,14H2,(H,16,17). The molecule has 0 aliphatic carbocycles. The Balaban J connectivity index is 2.86. The van der Waals surface area contributed by atoms with Crippen LogP contribution in [0.4, 0.5) is 18.9 Å². The summed E-state index contributed by atoms with van der Waals surface area (Å²) < 4.78 is 61.4. The molecule has 118 valence electrons. The number of carboxylic acid groups (broad SMARTS) is 1. The predicted molar refractivity (Wildman–Crippen MR) is 71.5 cm³/mol. The second-order valence-corrected chi connectivity index (χ2v) is 6.65. The minimum Gasteiger partial charge on any atom is -0.478 e. The molecule has 1 aromatic rings. The van der Waals surface area contributed by atoms with E-state index >= 15 is 0 Å². The van der Waals surface area contributed by atoms with Crippen LogP contribution in [0.5, 0.6) is 0 Å². The fraction of sp³-hybridized carbons (Fsp3) is 0.300. The third-order valence-electron chi connectivity index (χ3n) is 2.18. The minimum absolute atomic E-state index is 0.0546. The molecule has 0 aliphatic heterocycles. The molecule has 11 heteroatoms. The number of nitrogen functional groups attached to an aromatic ring is 1. The van der Waals surface area contributed by atoms with E-state index in [2.05, 4.69) is 0 Å². The van der Waals surface area contributed by atoms with Gasteiger partial charge in [-0.3, -0.25) is 0 Å². The lowest BCUT2D eigenvalue weighted by Gasteiger charge is -2.10. The number of sulfonamides is 1. The summed E-state index contributed by atoms with van der Waals surface area (Å²) in [5.41, 5.74) is 0.416. The van der Waals surface area contributed by atoms with Crippen molar-refractivity contribution in [3.63, 3.8) is 0 Å². The average Bonchev–Trinajstić information content (AvgIpc) is 2.33. The maximum atomic E-state index is 11.9. The molecule has 0 bridgehead atoms. The molecule has 1 rings (SSSR count). The summed E-state index contributed by atoms with van der Waals surface area (Å²) in [5, 5.41) is 8.93. The van der Waals surface area contributed by atoms with E-state index in [1.54, 1.807) is 0 Å². The van der Waals surface area contributed by atoms with Gasteiger partial charge in [-0.15, -0.1) is 0 Å². The predicted octanol–water partition coefficient (Wildman–Crippen LogP) is 1.50. The average molecular weight is 344 g/mol. The molecule has 6 nitrogen and oxygen atoms in total. The zero-order chi connectivity index (χ0) is 16.3. The Bertz CT molecular complexity index is 632. The quantitative estimate of drug-likeness (QED) is 0.533. The Hall–Kier alpha value is -1.46. The molecule has 0 aromatic heterocycles. The first-order chi connectivity index (χ1) is 9.53. The molecule has 0 amide bonds. The molecule has 0 saturated heterocycles. The lowest BCUT2D eigenvalue weighted by atomic mass is 10.2. The smallest absolute Gasteiger partial charge is 0.441 e. The molecule has 0 aliphatic rings. The fourth-order valence-corrected chi connectivity index (χ4v) is 3.14. The highest BCUT2D eigenvalue weighted by Crippen LogP contribution is 2.29. The number of carboxylic acids is 1. The molecule has 21 heavy (non-hydrogen) atoms. The van der Waals surface area contributed by atoms with Crippen molar-refractivity contribution in [3.8, 4) is 0 Å². The molecule has 1 aromatic carbocycles. The number of aromatic carboxylic acids is 1. The number of nitrogens with two attached hydrogens (primary N) is 1. The zero-order valence-corrected chi connectivity index (χ0v) is 12.0. The number of anilines is 1. The number of hydrogen-bond donors (Lipinski definition) is 3. The van der Waals surface area contributed by atoms with Gasteiger partial charge in [-0.25, -0.2) is 17.9 Å². The van der Waals surface area contributed by atoms with E-state index in [9.17, 15) is 26.4 Å². The Morgan fingerprint density at radius 1 is 1.38 bits per heavy atom. The molecule has 4 N–H and O–H groups in total. The normalized spacial score (nSPS) is 12.3. The van der Waals surface area contributed by atoms with Crippen LogP contribution in [-0.2, 0) is 10.0 Å². The van der Waals surface area contributed by atoms with E-state index in [0.29, 0.717) is 0 Å². The first-order valence-corrected chi connectivity index (χ1v) is 7.83. The van der Waals surface area contributed by atoms with Crippen LogP contribution in [0.25, 0.3) is 0 Å². The van der Waals surface area contributed by atoms with Gasteiger partial charge in [0.1, 0.15) is 0 Å². The molecule has 0 unspecified atom stereocenters. The van der Waals surface area contributed by atoms with Gasteiger partial charge < -0.3 is 10.8 Å². The second kappa shape index (κ2) is 6.54. The van der Waals surface area contributed by atoms with E-state index in [4.69, 9.17) is 10.8 Å². The number of benzene rings is 1. The topological polar surface area (TPSA) is 109 Å². The van der Waals surface area contributed by atoms with Crippen molar-refractivity contribution < 1.29 is 31.5 Å². The molecule has 0 saturated carbocycles. The zero-order valence-electron chi connectivity index (χ0n) is 10.3. The Kier molecular flexibility index (Phi) is 5.48. The van der Waals surface area contributed by atoms with Crippen LogP contribution in [-0.4, -0.2) is 37.3 Å². The molecule has 0 atom stereocenters. The highest BCUT2D eigenvalue weighted by atomic mass is 32.2. The second-order valence-electron chi connectivity index (χ2n) is 3.75. The van der Waals surface area contributed by atoms with Gasteiger partial charge in [0.15, 0.2) is 0 Å². The summed E-state index contributed by atoms with van der Waals surface area (Å²) in [6.07, 6.45) is 0. The van der Waals surface area contributed by atoms with Gasteiger partial charge in [-0.2, -0.15) is 13.2 Å². The van der Waals surface area contributed by atoms with Crippen molar-refractivity contribution in [3.05, 3.63) is 23.8 Å². The molecule has 0 radical (unpaired) electrons. The van der Waals surface area contributed by atoms with Gasteiger partial charge in [0.2, 0.25) is 10.0 Å². The van der Waals surface area contributed by atoms with Crippen molar-refractivity contribution in [2.24, 2.45) is 0 Å². The maximum absolute atomic E-state index is 11.9. The number of rotatable bonds is 6. The van der Waals surface area contributed by atoms with Gasteiger partial charge in [0.25, 0.3) is 0 Å². The molecule has 0 heterocycles. The number of alkyl halides is 3. The van der Waals surface area contributed by atoms with Crippen LogP contribution >= 0.6 is 11.8 Å². The number of hydrogen-bond acceptors (Lipinski definition) is 5. The molecule has 0 spiro atoms. The van der Waals surface area contributed by atoms with Crippen molar-refractivity contribution in [1.29, 1.82) is 0 Å². The van der Waals surface area contributed by atoms with Crippen LogP contribution < -0.4 is 10.5 Å². The highest BCUT2D eigenvalue weighted by Gasteiger charge is 2.28. The van der Waals surface area contributed by atoms with E-state index < -0.39 is 44.3 Å². The van der Waals surface area contributed by atoms with Crippen LogP contribution in [0, 0.1) is 0 Å². The van der Waals surface area contributed by atoms with Crippen LogP contribution in [0.1, 0.15) is 10.4 Å². The van der Waals surface area contributed by atoms with Gasteiger partial charge >= 0.3 is 11.5 Å². The Labute approximate surface area is 122 Å². The molecular weight excluding hydrogens is 333 g/mol. The minimum atomic E-state index is -4.46. The van der Waals surface area contributed by atoms with Gasteiger partial charge in [0, 0.05) is 18.0 Å². The Morgan fingerprint density at radius 3 is 2.52 bits per heavy atom. The number of thioether (sulfide) groups is 1. The van der Waals surface area contributed by atoms with Gasteiger partial charge in [-0.05, 0) is 30.0 Å². The third kappa shape index (κ3) is 5.44. The van der Waals surface area contributed by atoms with Crippen molar-refractivity contribution in [1.82, 2.24) is 4.72 Å². The fourth-order valence-electron chi connectivity index (χ4n) is 1.37.